The number of carbonyl (C=O) groups is 3. The summed E-state index contributed by atoms with van der Waals surface area (Å²) in [6.45, 7) is 2.35. The molecule has 1 atom stereocenters. The Bertz CT molecular complexity index is 1050. The first kappa shape index (κ1) is 20.8. The Balaban J connectivity index is 1.18. The molecule has 5 rings (SSSR count). The van der Waals surface area contributed by atoms with Crippen LogP contribution in [0.5, 0.6) is 0 Å². The molecule has 2 aliphatic heterocycles. The van der Waals surface area contributed by atoms with Gasteiger partial charge in [0, 0.05) is 44.0 Å². The molecular weight excluding hydrogens is 430 g/mol. The fourth-order valence-electron chi connectivity index (χ4n) is 4.44. The maximum atomic E-state index is 13.0. The van der Waals surface area contributed by atoms with Gasteiger partial charge >= 0.3 is 0 Å². The van der Waals surface area contributed by atoms with Gasteiger partial charge in [0.2, 0.25) is 11.8 Å². The van der Waals surface area contributed by atoms with Crippen molar-refractivity contribution in [1.29, 1.82) is 0 Å². The molecule has 1 saturated heterocycles. The normalized spacial score (nSPS) is 20.3. The lowest BCUT2D eigenvalue weighted by Crippen LogP contribution is -2.52. The SMILES string of the molecule is O=C(NCC(=O)N1CCN(c2ccc(Cl)cn2)CC1)C1c2ccccc2C(=O)N1C1CC1. The second-order valence-electron chi connectivity index (χ2n) is 8.35. The summed E-state index contributed by atoms with van der Waals surface area (Å²) in [5.74, 6) is 0.311. The number of aromatic nitrogens is 1. The van der Waals surface area contributed by atoms with Crippen molar-refractivity contribution in [1.82, 2.24) is 20.1 Å². The predicted octanol–water partition coefficient (Wildman–Crippen LogP) is 1.86. The maximum Gasteiger partial charge on any atom is 0.255 e. The van der Waals surface area contributed by atoms with Gasteiger partial charge in [0.1, 0.15) is 11.9 Å². The van der Waals surface area contributed by atoms with Crippen LogP contribution in [0.4, 0.5) is 5.82 Å². The Hall–Kier alpha value is -3.13. The van der Waals surface area contributed by atoms with Crippen LogP contribution in [0.1, 0.15) is 34.8 Å². The fraction of sp³-hybridized carbons (Fsp3) is 0.391. The number of nitrogens with zero attached hydrogens (tertiary/aromatic N) is 4. The van der Waals surface area contributed by atoms with E-state index in [1.165, 1.54) is 0 Å². The van der Waals surface area contributed by atoms with E-state index in [1.807, 2.05) is 24.3 Å². The van der Waals surface area contributed by atoms with Gasteiger partial charge in [-0.3, -0.25) is 14.4 Å². The molecular formula is C23H24ClN5O3. The van der Waals surface area contributed by atoms with E-state index in [2.05, 4.69) is 15.2 Å². The van der Waals surface area contributed by atoms with Crippen molar-refractivity contribution in [3.63, 3.8) is 0 Å². The lowest BCUT2D eigenvalue weighted by Gasteiger charge is -2.35. The third kappa shape index (κ3) is 3.90. The topological polar surface area (TPSA) is 85.9 Å². The van der Waals surface area contributed by atoms with E-state index in [1.54, 1.807) is 28.1 Å². The Morgan fingerprint density at radius 3 is 2.50 bits per heavy atom. The highest BCUT2D eigenvalue weighted by Gasteiger charge is 2.47. The molecule has 0 radical (unpaired) electrons. The molecule has 0 bridgehead atoms. The van der Waals surface area contributed by atoms with Crippen molar-refractivity contribution in [3.05, 3.63) is 58.7 Å². The van der Waals surface area contributed by atoms with Crippen LogP contribution >= 0.6 is 11.6 Å². The van der Waals surface area contributed by atoms with Gasteiger partial charge in [0.15, 0.2) is 0 Å². The van der Waals surface area contributed by atoms with Crippen LogP contribution in [0.25, 0.3) is 0 Å². The second-order valence-corrected chi connectivity index (χ2v) is 8.79. The minimum atomic E-state index is -0.660. The number of halogens is 1. The Kier molecular flexibility index (Phi) is 5.46. The lowest BCUT2D eigenvalue weighted by molar-refractivity contribution is -0.134. The van der Waals surface area contributed by atoms with E-state index in [4.69, 9.17) is 11.6 Å². The first-order valence-corrected chi connectivity index (χ1v) is 11.2. The molecule has 1 aromatic heterocycles. The molecule has 1 unspecified atom stereocenters. The molecule has 32 heavy (non-hydrogen) atoms. The quantitative estimate of drug-likeness (QED) is 0.746. The summed E-state index contributed by atoms with van der Waals surface area (Å²) in [5, 5.41) is 3.37. The zero-order valence-electron chi connectivity index (χ0n) is 17.5. The molecule has 8 nitrogen and oxygen atoms in total. The average Bonchev–Trinajstić information content (AvgIpc) is 3.62. The maximum absolute atomic E-state index is 13.0. The Morgan fingerprint density at radius 1 is 1.06 bits per heavy atom. The van der Waals surface area contributed by atoms with E-state index < -0.39 is 6.04 Å². The van der Waals surface area contributed by atoms with Gasteiger partial charge in [-0.2, -0.15) is 0 Å². The van der Waals surface area contributed by atoms with Crippen LogP contribution in [-0.4, -0.2) is 71.3 Å². The fourth-order valence-corrected chi connectivity index (χ4v) is 4.56. The molecule has 1 aromatic carbocycles. The van der Waals surface area contributed by atoms with E-state index in [-0.39, 0.29) is 30.3 Å². The van der Waals surface area contributed by atoms with E-state index >= 15 is 0 Å². The summed E-state index contributed by atoms with van der Waals surface area (Å²) in [6.07, 6.45) is 3.44. The van der Waals surface area contributed by atoms with E-state index in [0.29, 0.717) is 36.8 Å². The zero-order chi connectivity index (χ0) is 22.2. The number of hydrogen-bond donors (Lipinski definition) is 1. The number of rotatable bonds is 5. The van der Waals surface area contributed by atoms with Gasteiger partial charge in [0.25, 0.3) is 5.91 Å². The van der Waals surface area contributed by atoms with Gasteiger partial charge in [-0.1, -0.05) is 29.8 Å². The molecule has 166 valence electrons. The Morgan fingerprint density at radius 2 is 1.81 bits per heavy atom. The highest BCUT2D eigenvalue weighted by molar-refractivity contribution is 6.30. The summed E-state index contributed by atoms with van der Waals surface area (Å²) in [5.41, 5.74) is 1.30. The molecule has 3 amide bonds. The minimum absolute atomic E-state index is 0.0800. The van der Waals surface area contributed by atoms with E-state index in [0.717, 1.165) is 24.2 Å². The summed E-state index contributed by atoms with van der Waals surface area (Å²) >= 11 is 5.90. The van der Waals surface area contributed by atoms with Crippen LogP contribution < -0.4 is 10.2 Å². The highest BCUT2D eigenvalue weighted by atomic mass is 35.5. The van der Waals surface area contributed by atoms with Crippen molar-refractivity contribution >= 4 is 35.1 Å². The number of carbonyl (C=O) groups excluding carboxylic acids is 3. The number of nitrogens with one attached hydrogen (secondary N) is 1. The molecule has 9 heteroatoms. The van der Waals surface area contributed by atoms with Crippen LogP contribution in [0, 0.1) is 0 Å². The van der Waals surface area contributed by atoms with Gasteiger partial charge in [0.05, 0.1) is 11.6 Å². The van der Waals surface area contributed by atoms with Crippen LogP contribution in [0.3, 0.4) is 0 Å². The molecule has 3 heterocycles. The first-order chi connectivity index (χ1) is 15.5. The minimum Gasteiger partial charge on any atom is -0.353 e. The average molecular weight is 454 g/mol. The summed E-state index contributed by atoms with van der Waals surface area (Å²) in [7, 11) is 0. The third-order valence-corrected chi connectivity index (χ3v) is 6.49. The summed E-state index contributed by atoms with van der Waals surface area (Å²) in [4.78, 5) is 48.4. The molecule has 1 saturated carbocycles. The van der Waals surface area contributed by atoms with Gasteiger partial charge in [-0.05, 0) is 36.6 Å². The Labute approximate surface area is 191 Å². The molecule has 1 N–H and O–H groups in total. The largest absolute Gasteiger partial charge is 0.353 e. The number of pyridine rings is 1. The molecule has 2 aromatic rings. The van der Waals surface area contributed by atoms with E-state index in [9.17, 15) is 14.4 Å². The number of anilines is 1. The van der Waals surface area contributed by atoms with Crippen molar-refractivity contribution in [2.24, 2.45) is 0 Å². The summed E-state index contributed by atoms with van der Waals surface area (Å²) in [6, 6.07) is 10.3. The van der Waals surface area contributed by atoms with Crippen molar-refractivity contribution in [3.8, 4) is 0 Å². The molecule has 2 fully saturated rings. The smallest absolute Gasteiger partial charge is 0.255 e. The number of fused-ring (bicyclic) bond motifs is 1. The first-order valence-electron chi connectivity index (χ1n) is 10.9. The summed E-state index contributed by atoms with van der Waals surface area (Å²) < 4.78 is 0. The van der Waals surface area contributed by atoms with Crippen LogP contribution in [0.2, 0.25) is 5.02 Å². The second kappa shape index (κ2) is 8.43. The number of amides is 3. The standard InChI is InChI=1S/C23H24ClN5O3/c24-15-5-8-19(25-13-15)27-9-11-28(12-10-27)20(30)14-26-22(31)21-17-3-1-2-4-18(17)23(32)29(21)16-6-7-16/h1-5,8,13,16,21H,6-7,9-12,14H2,(H,26,31). The molecule has 0 spiro atoms. The monoisotopic (exact) mass is 453 g/mol. The lowest BCUT2D eigenvalue weighted by atomic mass is 10.0. The van der Waals surface area contributed by atoms with Gasteiger partial charge < -0.3 is 20.0 Å². The van der Waals surface area contributed by atoms with Gasteiger partial charge in [-0.25, -0.2) is 4.98 Å². The molecule has 3 aliphatic rings. The third-order valence-electron chi connectivity index (χ3n) is 6.27. The van der Waals surface area contributed by atoms with Gasteiger partial charge in [-0.15, -0.1) is 0 Å². The van der Waals surface area contributed by atoms with Crippen LogP contribution in [0.15, 0.2) is 42.6 Å². The highest BCUT2D eigenvalue weighted by Crippen LogP contribution is 2.41. The zero-order valence-corrected chi connectivity index (χ0v) is 18.3. The molecule has 1 aliphatic carbocycles. The predicted molar refractivity (Wildman–Crippen MR) is 119 cm³/mol. The number of piperazine rings is 1. The van der Waals surface area contributed by atoms with Crippen molar-refractivity contribution in [2.45, 2.75) is 24.9 Å². The van der Waals surface area contributed by atoms with Crippen LogP contribution in [-0.2, 0) is 9.59 Å². The van der Waals surface area contributed by atoms with Crippen molar-refractivity contribution in [2.75, 3.05) is 37.6 Å². The van der Waals surface area contributed by atoms with Crippen molar-refractivity contribution < 1.29 is 14.4 Å². The number of hydrogen-bond acceptors (Lipinski definition) is 5. The number of benzene rings is 1.